The molecule has 5 nitrogen and oxygen atoms in total. The molecular formula is C15H25N3O2. The fraction of sp³-hybridized carbons (Fsp3) is 0.600. The standard InChI is InChI=1S/C15H25N3O2/c1-5-13-10-12(11-14(16-4)17-13)15(19)18(6-2)8-9-20-7-3/h10-11H,5-9H2,1-4H3,(H,16,17). The minimum atomic E-state index is 0.0285. The van der Waals surface area contributed by atoms with Gasteiger partial charge in [0, 0.05) is 38.0 Å². The average molecular weight is 279 g/mol. The predicted molar refractivity (Wildman–Crippen MR) is 81.2 cm³/mol. The van der Waals surface area contributed by atoms with Gasteiger partial charge in [0.2, 0.25) is 0 Å². The normalized spacial score (nSPS) is 10.4. The second-order valence-electron chi connectivity index (χ2n) is 4.42. The lowest BCUT2D eigenvalue weighted by Crippen LogP contribution is -2.34. The van der Waals surface area contributed by atoms with Crippen molar-refractivity contribution in [1.29, 1.82) is 0 Å². The molecule has 0 atom stereocenters. The van der Waals surface area contributed by atoms with E-state index in [1.165, 1.54) is 0 Å². The average Bonchev–Trinajstić information content (AvgIpc) is 2.50. The van der Waals surface area contributed by atoms with E-state index in [2.05, 4.69) is 10.3 Å². The van der Waals surface area contributed by atoms with Crippen LogP contribution in [0.2, 0.25) is 0 Å². The summed E-state index contributed by atoms with van der Waals surface area (Å²) < 4.78 is 5.32. The summed E-state index contributed by atoms with van der Waals surface area (Å²) in [6.45, 7) is 8.49. The van der Waals surface area contributed by atoms with Gasteiger partial charge in [-0.05, 0) is 32.4 Å². The lowest BCUT2D eigenvalue weighted by atomic mass is 10.1. The van der Waals surface area contributed by atoms with E-state index in [0.717, 1.165) is 17.9 Å². The molecule has 20 heavy (non-hydrogen) atoms. The molecule has 0 unspecified atom stereocenters. The van der Waals surface area contributed by atoms with Crippen LogP contribution in [-0.4, -0.2) is 49.1 Å². The predicted octanol–water partition coefficient (Wildman–Crippen LogP) is 2.18. The largest absolute Gasteiger partial charge is 0.380 e. The van der Waals surface area contributed by atoms with E-state index in [4.69, 9.17) is 4.74 Å². The van der Waals surface area contributed by atoms with Gasteiger partial charge >= 0.3 is 0 Å². The molecule has 0 saturated heterocycles. The molecular weight excluding hydrogens is 254 g/mol. The van der Waals surface area contributed by atoms with E-state index < -0.39 is 0 Å². The van der Waals surface area contributed by atoms with Crippen molar-refractivity contribution in [3.63, 3.8) is 0 Å². The van der Waals surface area contributed by atoms with Crippen LogP contribution in [0.25, 0.3) is 0 Å². The minimum Gasteiger partial charge on any atom is -0.380 e. The molecule has 0 aliphatic heterocycles. The number of hydrogen-bond donors (Lipinski definition) is 1. The van der Waals surface area contributed by atoms with E-state index in [0.29, 0.717) is 31.9 Å². The molecule has 1 amide bonds. The number of rotatable bonds is 8. The molecule has 1 rings (SSSR count). The summed E-state index contributed by atoms with van der Waals surface area (Å²) in [5, 5.41) is 3.00. The first-order chi connectivity index (χ1) is 9.65. The summed E-state index contributed by atoms with van der Waals surface area (Å²) in [5.74, 6) is 0.759. The molecule has 1 aromatic rings. The number of aromatic nitrogens is 1. The molecule has 0 saturated carbocycles. The van der Waals surface area contributed by atoms with Crippen molar-refractivity contribution in [2.45, 2.75) is 27.2 Å². The number of amides is 1. The summed E-state index contributed by atoms with van der Waals surface area (Å²) in [6, 6.07) is 3.66. The molecule has 5 heteroatoms. The molecule has 0 aromatic carbocycles. The Balaban J connectivity index is 2.87. The molecule has 0 spiro atoms. The molecule has 1 heterocycles. The summed E-state index contributed by atoms with van der Waals surface area (Å²) in [7, 11) is 1.81. The molecule has 0 bridgehead atoms. The Hall–Kier alpha value is -1.62. The van der Waals surface area contributed by atoms with Crippen LogP contribution >= 0.6 is 0 Å². The fourth-order valence-electron chi connectivity index (χ4n) is 1.93. The first kappa shape index (κ1) is 16.4. The van der Waals surface area contributed by atoms with Crippen LogP contribution in [0.3, 0.4) is 0 Å². The number of nitrogens with one attached hydrogen (secondary N) is 1. The van der Waals surface area contributed by atoms with Gasteiger partial charge in [0.25, 0.3) is 5.91 Å². The minimum absolute atomic E-state index is 0.0285. The fourth-order valence-corrected chi connectivity index (χ4v) is 1.93. The van der Waals surface area contributed by atoms with Crippen LogP contribution in [0.5, 0.6) is 0 Å². The Morgan fingerprint density at radius 2 is 2.10 bits per heavy atom. The lowest BCUT2D eigenvalue weighted by molar-refractivity contribution is 0.0669. The smallest absolute Gasteiger partial charge is 0.254 e. The second kappa shape index (κ2) is 8.53. The highest BCUT2D eigenvalue weighted by atomic mass is 16.5. The van der Waals surface area contributed by atoms with Crippen molar-refractivity contribution < 1.29 is 9.53 Å². The van der Waals surface area contributed by atoms with Gasteiger partial charge in [0.05, 0.1) is 6.61 Å². The SMILES string of the molecule is CCOCCN(CC)C(=O)c1cc(CC)nc(NC)c1. The highest BCUT2D eigenvalue weighted by Gasteiger charge is 2.15. The number of carbonyl (C=O) groups excluding carboxylic acids is 1. The van der Waals surface area contributed by atoms with Crippen molar-refractivity contribution in [3.05, 3.63) is 23.4 Å². The monoisotopic (exact) mass is 279 g/mol. The topological polar surface area (TPSA) is 54.5 Å². The van der Waals surface area contributed by atoms with E-state index in [-0.39, 0.29) is 5.91 Å². The van der Waals surface area contributed by atoms with Gasteiger partial charge in [-0.3, -0.25) is 4.79 Å². The third kappa shape index (κ3) is 4.49. The van der Waals surface area contributed by atoms with Gasteiger partial charge in [0.15, 0.2) is 0 Å². The number of ether oxygens (including phenoxy) is 1. The number of anilines is 1. The zero-order valence-corrected chi connectivity index (χ0v) is 12.9. The summed E-state index contributed by atoms with van der Waals surface area (Å²) in [6.07, 6.45) is 0.806. The molecule has 0 aliphatic rings. The molecule has 0 aliphatic carbocycles. The Morgan fingerprint density at radius 1 is 1.35 bits per heavy atom. The number of carbonyl (C=O) groups is 1. The summed E-state index contributed by atoms with van der Waals surface area (Å²) in [5.41, 5.74) is 1.60. The quantitative estimate of drug-likeness (QED) is 0.741. The zero-order valence-electron chi connectivity index (χ0n) is 12.9. The van der Waals surface area contributed by atoms with Crippen LogP contribution in [-0.2, 0) is 11.2 Å². The molecule has 1 aromatic heterocycles. The first-order valence-corrected chi connectivity index (χ1v) is 7.21. The van der Waals surface area contributed by atoms with Crippen molar-refractivity contribution in [3.8, 4) is 0 Å². The van der Waals surface area contributed by atoms with Gasteiger partial charge in [-0.1, -0.05) is 6.92 Å². The maximum absolute atomic E-state index is 12.5. The van der Waals surface area contributed by atoms with E-state index in [1.54, 1.807) is 11.0 Å². The summed E-state index contributed by atoms with van der Waals surface area (Å²) >= 11 is 0. The first-order valence-electron chi connectivity index (χ1n) is 7.21. The number of hydrogen-bond acceptors (Lipinski definition) is 4. The van der Waals surface area contributed by atoms with E-state index >= 15 is 0 Å². The van der Waals surface area contributed by atoms with Crippen molar-refractivity contribution in [1.82, 2.24) is 9.88 Å². The van der Waals surface area contributed by atoms with Crippen LogP contribution in [0, 0.1) is 0 Å². The maximum atomic E-state index is 12.5. The van der Waals surface area contributed by atoms with Crippen molar-refractivity contribution in [2.24, 2.45) is 0 Å². The van der Waals surface area contributed by atoms with Crippen LogP contribution in [0.4, 0.5) is 5.82 Å². The van der Waals surface area contributed by atoms with Crippen LogP contribution in [0.1, 0.15) is 36.8 Å². The van der Waals surface area contributed by atoms with Crippen molar-refractivity contribution in [2.75, 3.05) is 38.7 Å². The Bertz CT molecular complexity index is 413. The highest BCUT2D eigenvalue weighted by molar-refractivity contribution is 5.95. The van der Waals surface area contributed by atoms with Gasteiger partial charge in [-0.15, -0.1) is 0 Å². The van der Waals surface area contributed by atoms with E-state index in [1.807, 2.05) is 33.9 Å². The third-order valence-corrected chi connectivity index (χ3v) is 3.12. The highest BCUT2D eigenvalue weighted by Crippen LogP contribution is 2.13. The number of nitrogens with zero attached hydrogens (tertiary/aromatic N) is 2. The van der Waals surface area contributed by atoms with E-state index in [9.17, 15) is 4.79 Å². The molecule has 0 fully saturated rings. The van der Waals surface area contributed by atoms with Crippen LogP contribution < -0.4 is 5.32 Å². The Morgan fingerprint density at radius 3 is 2.65 bits per heavy atom. The van der Waals surface area contributed by atoms with Gasteiger partial charge in [-0.25, -0.2) is 4.98 Å². The maximum Gasteiger partial charge on any atom is 0.254 e. The number of aryl methyl sites for hydroxylation is 1. The molecule has 1 N–H and O–H groups in total. The van der Waals surface area contributed by atoms with Gasteiger partial charge in [0.1, 0.15) is 5.82 Å². The van der Waals surface area contributed by atoms with Crippen LogP contribution in [0.15, 0.2) is 12.1 Å². The van der Waals surface area contributed by atoms with Crippen molar-refractivity contribution >= 4 is 11.7 Å². The lowest BCUT2D eigenvalue weighted by Gasteiger charge is -2.21. The third-order valence-electron chi connectivity index (χ3n) is 3.12. The summed E-state index contributed by atoms with van der Waals surface area (Å²) in [4.78, 5) is 18.7. The molecule has 112 valence electrons. The second-order valence-corrected chi connectivity index (χ2v) is 4.42. The number of pyridine rings is 1. The zero-order chi connectivity index (χ0) is 15.0. The number of likely N-dealkylation sites (N-methyl/N-ethyl adjacent to an activating group) is 1. The van der Waals surface area contributed by atoms with Gasteiger partial charge in [-0.2, -0.15) is 0 Å². The Kier molecular flexibility index (Phi) is 7.01. The van der Waals surface area contributed by atoms with Gasteiger partial charge < -0.3 is 15.0 Å². The molecule has 0 radical (unpaired) electrons. The Labute approximate surface area is 121 Å².